The van der Waals surface area contributed by atoms with Crippen LogP contribution in [0, 0.1) is 0 Å². The molecule has 0 aromatic heterocycles. The lowest BCUT2D eigenvalue weighted by molar-refractivity contribution is -0.111. The smallest absolute Gasteiger partial charge is 0.248 e. The summed E-state index contributed by atoms with van der Waals surface area (Å²) in [7, 11) is 0. The molecule has 2 aromatic rings. The minimum Gasteiger partial charge on any atom is -0.323 e. The lowest BCUT2D eigenvalue weighted by atomic mass is 10.0. The predicted octanol–water partition coefficient (Wildman–Crippen LogP) is 5.12. The molecule has 0 spiro atoms. The van der Waals surface area contributed by atoms with Gasteiger partial charge in [0, 0.05) is 16.8 Å². The van der Waals surface area contributed by atoms with E-state index in [0.717, 1.165) is 11.3 Å². The predicted molar refractivity (Wildman–Crippen MR) is 89.6 cm³/mol. The van der Waals surface area contributed by atoms with Crippen molar-refractivity contribution >= 4 is 29.3 Å². The molecule has 21 heavy (non-hydrogen) atoms. The summed E-state index contributed by atoms with van der Waals surface area (Å²) in [6, 6.07) is 15.2. The molecule has 108 valence electrons. The van der Waals surface area contributed by atoms with Crippen molar-refractivity contribution in [1.29, 1.82) is 0 Å². The Hall–Kier alpha value is -2.06. The van der Waals surface area contributed by atoms with E-state index in [1.807, 2.05) is 36.4 Å². The average Bonchev–Trinajstić information content (AvgIpc) is 2.47. The molecule has 0 aliphatic heterocycles. The Balaban J connectivity index is 1.96. The standard InChI is InChI=1S/C18H18ClNO/c1-13(2)15-6-10-17(11-7-15)20-18(21)12-5-14-3-8-16(19)9-4-14/h3-13H,1-2H3,(H,20,21)/b12-5+. The average molecular weight is 300 g/mol. The second-order valence-corrected chi connectivity index (χ2v) is 5.59. The molecule has 2 rings (SSSR count). The quantitative estimate of drug-likeness (QED) is 0.780. The van der Waals surface area contributed by atoms with E-state index in [4.69, 9.17) is 11.6 Å². The minimum absolute atomic E-state index is 0.151. The third-order valence-electron chi connectivity index (χ3n) is 3.14. The first-order valence-electron chi connectivity index (χ1n) is 6.89. The number of nitrogens with one attached hydrogen (secondary N) is 1. The number of hydrogen-bond acceptors (Lipinski definition) is 1. The van der Waals surface area contributed by atoms with E-state index in [0.29, 0.717) is 10.9 Å². The zero-order valence-electron chi connectivity index (χ0n) is 12.1. The van der Waals surface area contributed by atoms with Gasteiger partial charge in [0.2, 0.25) is 5.91 Å². The van der Waals surface area contributed by atoms with Crippen molar-refractivity contribution in [1.82, 2.24) is 0 Å². The molecule has 0 fully saturated rings. The highest BCUT2D eigenvalue weighted by Gasteiger charge is 2.01. The molecule has 0 atom stereocenters. The molecule has 2 nitrogen and oxygen atoms in total. The summed E-state index contributed by atoms with van der Waals surface area (Å²) in [4.78, 5) is 11.8. The monoisotopic (exact) mass is 299 g/mol. The van der Waals surface area contributed by atoms with Crippen molar-refractivity contribution in [2.75, 3.05) is 5.32 Å². The van der Waals surface area contributed by atoms with Crippen LogP contribution in [0.2, 0.25) is 5.02 Å². The normalized spacial score (nSPS) is 11.0. The summed E-state index contributed by atoms with van der Waals surface area (Å²) in [6.45, 7) is 4.28. The van der Waals surface area contributed by atoms with Crippen molar-refractivity contribution in [3.63, 3.8) is 0 Å². The van der Waals surface area contributed by atoms with Crippen LogP contribution in [0.3, 0.4) is 0 Å². The number of carbonyl (C=O) groups is 1. The number of benzene rings is 2. The highest BCUT2D eigenvalue weighted by molar-refractivity contribution is 6.30. The van der Waals surface area contributed by atoms with Gasteiger partial charge in [0.05, 0.1) is 0 Å². The van der Waals surface area contributed by atoms with E-state index < -0.39 is 0 Å². The molecule has 0 aliphatic rings. The van der Waals surface area contributed by atoms with Crippen molar-refractivity contribution in [3.8, 4) is 0 Å². The first-order valence-corrected chi connectivity index (χ1v) is 7.27. The van der Waals surface area contributed by atoms with Crippen LogP contribution < -0.4 is 5.32 Å². The van der Waals surface area contributed by atoms with Gasteiger partial charge in [-0.25, -0.2) is 0 Å². The molecular weight excluding hydrogens is 282 g/mol. The largest absolute Gasteiger partial charge is 0.323 e. The Kier molecular flexibility index (Phi) is 5.18. The van der Waals surface area contributed by atoms with Gasteiger partial charge in [-0.05, 0) is 47.4 Å². The Morgan fingerprint density at radius 3 is 2.24 bits per heavy atom. The summed E-state index contributed by atoms with van der Waals surface area (Å²) in [6.07, 6.45) is 3.27. The topological polar surface area (TPSA) is 29.1 Å². The fraction of sp³-hybridized carbons (Fsp3) is 0.167. The van der Waals surface area contributed by atoms with E-state index in [2.05, 4.69) is 19.2 Å². The second-order valence-electron chi connectivity index (χ2n) is 5.15. The number of carbonyl (C=O) groups excluding carboxylic acids is 1. The zero-order chi connectivity index (χ0) is 15.2. The van der Waals surface area contributed by atoms with Gasteiger partial charge in [0.1, 0.15) is 0 Å². The Bertz CT molecular complexity index is 627. The summed E-state index contributed by atoms with van der Waals surface area (Å²) in [5.41, 5.74) is 2.99. The van der Waals surface area contributed by atoms with Gasteiger partial charge < -0.3 is 5.32 Å². The number of rotatable bonds is 4. The van der Waals surface area contributed by atoms with Gasteiger partial charge in [-0.3, -0.25) is 4.79 Å². The fourth-order valence-electron chi connectivity index (χ4n) is 1.88. The van der Waals surface area contributed by atoms with E-state index in [9.17, 15) is 4.79 Å². The van der Waals surface area contributed by atoms with Gasteiger partial charge in [0.15, 0.2) is 0 Å². The van der Waals surface area contributed by atoms with Crippen LogP contribution in [-0.2, 0) is 4.79 Å². The van der Waals surface area contributed by atoms with Crippen LogP contribution >= 0.6 is 11.6 Å². The third-order valence-corrected chi connectivity index (χ3v) is 3.39. The Labute approximate surface area is 130 Å². The van der Waals surface area contributed by atoms with Crippen LogP contribution in [-0.4, -0.2) is 5.91 Å². The Morgan fingerprint density at radius 1 is 1.05 bits per heavy atom. The number of anilines is 1. The van der Waals surface area contributed by atoms with E-state index in [1.165, 1.54) is 11.6 Å². The number of amides is 1. The maximum absolute atomic E-state index is 11.8. The highest BCUT2D eigenvalue weighted by Crippen LogP contribution is 2.17. The van der Waals surface area contributed by atoms with Gasteiger partial charge in [-0.1, -0.05) is 49.7 Å². The van der Waals surface area contributed by atoms with Crippen molar-refractivity contribution < 1.29 is 4.79 Å². The van der Waals surface area contributed by atoms with Crippen molar-refractivity contribution in [2.45, 2.75) is 19.8 Å². The zero-order valence-corrected chi connectivity index (χ0v) is 12.9. The summed E-state index contributed by atoms with van der Waals surface area (Å²) < 4.78 is 0. The molecule has 0 radical (unpaired) electrons. The number of halogens is 1. The first-order chi connectivity index (χ1) is 10.0. The summed E-state index contributed by atoms with van der Waals surface area (Å²) in [5.74, 6) is 0.335. The summed E-state index contributed by atoms with van der Waals surface area (Å²) >= 11 is 5.81. The first kappa shape index (κ1) is 15.3. The minimum atomic E-state index is -0.151. The third kappa shape index (κ3) is 4.76. The van der Waals surface area contributed by atoms with Gasteiger partial charge >= 0.3 is 0 Å². The Morgan fingerprint density at radius 2 is 1.67 bits per heavy atom. The molecule has 2 aromatic carbocycles. The summed E-state index contributed by atoms with van der Waals surface area (Å²) in [5, 5.41) is 3.52. The molecule has 0 unspecified atom stereocenters. The molecule has 1 N–H and O–H groups in total. The molecule has 0 saturated heterocycles. The maximum Gasteiger partial charge on any atom is 0.248 e. The van der Waals surface area contributed by atoms with E-state index in [1.54, 1.807) is 18.2 Å². The highest BCUT2D eigenvalue weighted by atomic mass is 35.5. The lowest BCUT2D eigenvalue weighted by Crippen LogP contribution is -2.07. The second kappa shape index (κ2) is 7.09. The maximum atomic E-state index is 11.8. The number of hydrogen-bond donors (Lipinski definition) is 1. The fourth-order valence-corrected chi connectivity index (χ4v) is 2.01. The molecule has 0 bridgehead atoms. The van der Waals surface area contributed by atoms with Gasteiger partial charge in [-0.2, -0.15) is 0 Å². The molecule has 3 heteroatoms. The van der Waals surface area contributed by atoms with Crippen LogP contribution in [0.4, 0.5) is 5.69 Å². The van der Waals surface area contributed by atoms with E-state index in [-0.39, 0.29) is 5.91 Å². The lowest BCUT2D eigenvalue weighted by Gasteiger charge is -2.07. The van der Waals surface area contributed by atoms with Crippen LogP contribution in [0.1, 0.15) is 30.9 Å². The van der Waals surface area contributed by atoms with Crippen molar-refractivity contribution in [3.05, 3.63) is 70.8 Å². The van der Waals surface area contributed by atoms with Crippen LogP contribution in [0.15, 0.2) is 54.6 Å². The molecule has 0 aliphatic carbocycles. The van der Waals surface area contributed by atoms with E-state index >= 15 is 0 Å². The molecule has 0 saturated carbocycles. The van der Waals surface area contributed by atoms with Gasteiger partial charge in [-0.15, -0.1) is 0 Å². The molecule has 1 amide bonds. The SMILES string of the molecule is CC(C)c1ccc(NC(=O)/C=C/c2ccc(Cl)cc2)cc1. The molecular formula is C18H18ClNO. The molecule has 0 heterocycles. The van der Waals surface area contributed by atoms with Gasteiger partial charge in [0.25, 0.3) is 0 Å². The van der Waals surface area contributed by atoms with Crippen LogP contribution in [0.25, 0.3) is 6.08 Å². The van der Waals surface area contributed by atoms with Crippen LogP contribution in [0.5, 0.6) is 0 Å². The van der Waals surface area contributed by atoms with Crippen molar-refractivity contribution in [2.24, 2.45) is 0 Å².